The summed E-state index contributed by atoms with van der Waals surface area (Å²) in [5, 5.41) is 0. The molecule has 0 bridgehead atoms. The molecule has 1 saturated carbocycles. The molecule has 23 heavy (non-hydrogen) atoms. The molecule has 1 fully saturated rings. The molecule has 2 aromatic rings. The van der Waals surface area contributed by atoms with E-state index in [1.165, 1.54) is 20.0 Å². The lowest BCUT2D eigenvalue weighted by atomic mass is 9.70. The highest BCUT2D eigenvalue weighted by atomic mass is 16.5. The van der Waals surface area contributed by atoms with Crippen LogP contribution in [0.15, 0.2) is 48.8 Å². The minimum atomic E-state index is -0.557. The van der Waals surface area contributed by atoms with Crippen molar-refractivity contribution in [2.24, 2.45) is 5.92 Å². The Kier molecular flexibility index (Phi) is 4.46. The zero-order valence-electron chi connectivity index (χ0n) is 13.8. The molecular weight excluding hydrogens is 286 g/mol. The van der Waals surface area contributed by atoms with Gasteiger partial charge in [0, 0.05) is 12.4 Å². The van der Waals surface area contributed by atoms with Crippen LogP contribution in [0.5, 0.6) is 0 Å². The predicted molar refractivity (Wildman–Crippen MR) is 91.0 cm³/mol. The van der Waals surface area contributed by atoms with E-state index < -0.39 is 5.41 Å². The van der Waals surface area contributed by atoms with E-state index in [-0.39, 0.29) is 5.97 Å². The van der Waals surface area contributed by atoms with E-state index in [0.717, 1.165) is 29.5 Å². The summed E-state index contributed by atoms with van der Waals surface area (Å²) in [5.41, 5.74) is 2.68. The van der Waals surface area contributed by atoms with Gasteiger partial charge in [-0.3, -0.25) is 9.78 Å². The number of methoxy groups -OCH3 is 1. The van der Waals surface area contributed by atoms with Crippen molar-refractivity contribution in [1.82, 2.24) is 4.98 Å². The van der Waals surface area contributed by atoms with Gasteiger partial charge in [0.2, 0.25) is 0 Å². The Morgan fingerprint density at radius 1 is 1.13 bits per heavy atom. The lowest BCUT2D eigenvalue weighted by Gasteiger charge is -2.33. The lowest BCUT2D eigenvalue weighted by Crippen LogP contribution is -2.40. The van der Waals surface area contributed by atoms with Gasteiger partial charge in [-0.25, -0.2) is 0 Å². The van der Waals surface area contributed by atoms with E-state index in [2.05, 4.69) is 29.2 Å². The smallest absolute Gasteiger partial charge is 0.316 e. The summed E-state index contributed by atoms with van der Waals surface area (Å²) in [7, 11) is 1.49. The zero-order valence-corrected chi connectivity index (χ0v) is 13.8. The number of benzene rings is 1. The number of aromatic nitrogens is 1. The number of nitrogens with zero attached hydrogens (tertiary/aromatic N) is 1. The maximum absolute atomic E-state index is 12.5. The van der Waals surface area contributed by atoms with Crippen LogP contribution in [0.3, 0.4) is 0 Å². The monoisotopic (exact) mass is 309 g/mol. The SMILES string of the molecule is COC(=O)C(C)(c1ccc(-c2cccnc2)cc1)C1CCCC1. The van der Waals surface area contributed by atoms with E-state index in [1.54, 1.807) is 6.20 Å². The first kappa shape index (κ1) is 15.7. The van der Waals surface area contributed by atoms with Gasteiger partial charge in [0.25, 0.3) is 0 Å². The number of carbonyl (C=O) groups excluding carboxylic acids is 1. The summed E-state index contributed by atoms with van der Waals surface area (Å²) < 4.78 is 5.15. The largest absolute Gasteiger partial charge is 0.468 e. The van der Waals surface area contributed by atoms with Crippen LogP contribution >= 0.6 is 0 Å². The number of ether oxygens (including phenoxy) is 1. The second-order valence-electron chi connectivity index (χ2n) is 6.49. The second-order valence-corrected chi connectivity index (χ2v) is 6.49. The molecule has 3 nitrogen and oxygen atoms in total. The zero-order chi connectivity index (χ0) is 16.3. The van der Waals surface area contributed by atoms with Gasteiger partial charge in [0.1, 0.15) is 0 Å². The molecule has 3 heteroatoms. The Balaban J connectivity index is 1.95. The number of rotatable bonds is 4. The number of esters is 1. The molecule has 120 valence electrons. The Morgan fingerprint density at radius 2 is 1.83 bits per heavy atom. The molecule has 1 aliphatic carbocycles. The van der Waals surface area contributed by atoms with Crippen molar-refractivity contribution >= 4 is 5.97 Å². The number of carbonyl (C=O) groups is 1. The summed E-state index contributed by atoms with van der Waals surface area (Å²) in [6, 6.07) is 12.2. The fraction of sp³-hybridized carbons (Fsp3) is 0.400. The highest BCUT2D eigenvalue weighted by Gasteiger charge is 2.44. The molecule has 1 unspecified atom stereocenters. The van der Waals surface area contributed by atoms with Gasteiger partial charge in [-0.2, -0.15) is 0 Å². The minimum absolute atomic E-state index is 0.126. The van der Waals surface area contributed by atoms with Gasteiger partial charge in [0.05, 0.1) is 12.5 Å². The van der Waals surface area contributed by atoms with E-state index >= 15 is 0 Å². The third kappa shape index (κ3) is 2.88. The van der Waals surface area contributed by atoms with Crippen molar-refractivity contribution in [1.29, 1.82) is 0 Å². The quantitative estimate of drug-likeness (QED) is 0.787. The first-order valence-corrected chi connectivity index (χ1v) is 8.25. The molecule has 0 radical (unpaired) electrons. The van der Waals surface area contributed by atoms with Crippen LogP contribution in [-0.4, -0.2) is 18.1 Å². The van der Waals surface area contributed by atoms with Crippen molar-refractivity contribution in [3.63, 3.8) is 0 Å². The van der Waals surface area contributed by atoms with E-state index in [1.807, 2.05) is 25.3 Å². The summed E-state index contributed by atoms with van der Waals surface area (Å²) >= 11 is 0. The molecule has 0 N–H and O–H groups in total. The highest BCUT2D eigenvalue weighted by Crippen LogP contribution is 2.43. The second kappa shape index (κ2) is 6.53. The number of pyridine rings is 1. The molecule has 1 atom stereocenters. The first-order valence-electron chi connectivity index (χ1n) is 8.25. The van der Waals surface area contributed by atoms with Crippen LogP contribution < -0.4 is 0 Å². The fourth-order valence-electron chi connectivity index (χ4n) is 3.78. The normalized spacial score (nSPS) is 17.7. The third-order valence-electron chi connectivity index (χ3n) is 5.26. The van der Waals surface area contributed by atoms with E-state index in [4.69, 9.17) is 4.74 Å². The van der Waals surface area contributed by atoms with Crippen LogP contribution in [0, 0.1) is 5.92 Å². The first-order chi connectivity index (χ1) is 11.2. The maximum atomic E-state index is 12.5. The Hall–Kier alpha value is -2.16. The lowest BCUT2D eigenvalue weighted by molar-refractivity contribution is -0.149. The molecule has 0 spiro atoms. The van der Waals surface area contributed by atoms with Crippen LogP contribution in [0.4, 0.5) is 0 Å². The molecule has 0 saturated heterocycles. The molecule has 0 amide bonds. The van der Waals surface area contributed by atoms with Crippen molar-refractivity contribution in [3.8, 4) is 11.1 Å². The van der Waals surface area contributed by atoms with Crippen molar-refractivity contribution < 1.29 is 9.53 Å². The van der Waals surface area contributed by atoms with Crippen molar-refractivity contribution in [2.75, 3.05) is 7.11 Å². The van der Waals surface area contributed by atoms with Crippen LogP contribution in [0.25, 0.3) is 11.1 Å². The summed E-state index contributed by atoms with van der Waals surface area (Å²) in [5.74, 6) is 0.234. The average Bonchev–Trinajstić information content (AvgIpc) is 3.16. The highest BCUT2D eigenvalue weighted by molar-refractivity contribution is 5.83. The Morgan fingerprint density at radius 3 is 2.39 bits per heavy atom. The molecule has 3 rings (SSSR count). The summed E-state index contributed by atoms with van der Waals surface area (Å²) in [4.78, 5) is 16.7. The molecule has 1 heterocycles. The molecule has 0 aliphatic heterocycles. The molecular formula is C20H23NO2. The number of hydrogen-bond acceptors (Lipinski definition) is 3. The Labute approximate surface area is 137 Å². The fourth-order valence-corrected chi connectivity index (χ4v) is 3.78. The van der Waals surface area contributed by atoms with E-state index in [0.29, 0.717) is 5.92 Å². The van der Waals surface area contributed by atoms with Gasteiger partial charge in [-0.15, -0.1) is 0 Å². The van der Waals surface area contributed by atoms with Crippen molar-refractivity contribution in [2.45, 2.75) is 38.0 Å². The van der Waals surface area contributed by atoms with Crippen LogP contribution in [0.1, 0.15) is 38.2 Å². The molecule has 1 aliphatic rings. The van der Waals surface area contributed by atoms with Crippen LogP contribution in [-0.2, 0) is 14.9 Å². The van der Waals surface area contributed by atoms with Gasteiger partial charge in [-0.1, -0.05) is 43.2 Å². The van der Waals surface area contributed by atoms with Crippen molar-refractivity contribution in [3.05, 3.63) is 54.4 Å². The van der Waals surface area contributed by atoms with Gasteiger partial charge in [0.15, 0.2) is 0 Å². The standard InChI is InChI=1S/C20H23NO2/c1-20(19(22)23-2,17-7-3-4-8-17)18-11-9-15(10-12-18)16-6-5-13-21-14-16/h5-6,9-14,17H,3-4,7-8H2,1-2H3. The van der Waals surface area contributed by atoms with Gasteiger partial charge < -0.3 is 4.74 Å². The average molecular weight is 309 g/mol. The Bertz CT molecular complexity index is 660. The summed E-state index contributed by atoms with van der Waals surface area (Å²) in [6.45, 7) is 2.04. The van der Waals surface area contributed by atoms with Gasteiger partial charge >= 0.3 is 5.97 Å². The maximum Gasteiger partial charge on any atom is 0.316 e. The topological polar surface area (TPSA) is 39.2 Å². The summed E-state index contributed by atoms with van der Waals surface area (Å²) in [6.07, 6.45) is 8.21. The van der Waals surface area contributed by atoms with Gasteiger partial charge in [-0.05, 0) is 48.4 Å². The molecule has 1 aromatic carbocycles. The van der Waals surface area contributed by atoms with Crippen LogP contribution in [0.2, 0.25) is 0 Å². The predicted octanol–water partition coefficient (Wildman–Crippen LogP) is 4.37. The van der Waals surface area contributed by atoms with E-state index in [9.17, 15) is 4.79 Å². The third-order valence-corrected chi connectivity index (χ3v) is 5.26. The molecule has 1 aromatic heterocycles. The minimum Gasteiger partial charge on any atom is -0.468 e. The number of hydrogen-bond donors (Lipinski definition) is 0.